The molecule has 25 heavy (non-hydrogen) atoms. The molecule has 0 aliphatic carbocycles. The molecule has 2 aromatic carbocycles. The van der Waals surface area contributed by atoms with E-state index in [0.717, 1.165) is 0 Å². The lowest BCUT2D eigenvalue weighted by Crippen LogP contribution is -2.33. The summed E-state index contributed by atoms with van der Waals surface area (Å²) in [6, 6.07) is 9.77. The van der Waals surface area contributed by atoms with Crippen LogP contribution in [0.3, 0.4) is 0 Å². The summed E-state index contributed by atoms with van der Waals surface area (Å²) in [4.78, 5) is 12.1. The van der Waals surface area contributed by atoms with Crippen molar-refractivity contribution >= 4 is 33.2 Å². The number of methoxy groups -OCH3 is 1. The number of benzene rings is 2. The fourth-order valence-electron chi connectivity index (χ4n) is 2.28. The van der Waals surface area contributed by atoms with Crippen molar-refractivity contribution in [1.82, 2.24) is 4.72 Å². The summed E-state index contributed by atoms with van der Waals surface area (Å²) in [5, 5.41) is 3.06. The number of carbonyl (C=O) groups excluding carboxylic acids is 1. The van der Waals surface area contributed by atoms with Crippen LogP contribution in [0.15, 0.2) is 41.3 Å². The molecule has 2 N–H and O–H groups in total. The molecule has 0 radical (unpaired) electrons. The van der Waals surface area contributed by atoms with E-state index in [0.29, 0.717) is 27.6 Å². The minimum absolute atomic E-state index is 0.112. The van der Waals surface area contributed by atoms with Crippen LogP contribution in [0.4, 0.5) is 5.69 Å². The molecule has 0 aromatic heterocycles. The van der Waals surface area contributed by atoms with E-state index < -0.39 is 15.9 Å². The maximum atomic E-state index is 12.5. The molecule has 134 valence electrons. The summed E-state index contributed by atoms with van der Waals surface area (Å²) in [6.07, 6.45) is 0. The average Bonchev–Trinajstić information content (AvgIpc) is 2.54. The molecule has 2 rings (SSSR count). The lowest BCUT2D eigenvalue weighted by molar-refractivity contribution is -0.115. The van der Waals surface area contributed by atoms with E-state index in [9.17, 15) is 13.2 Å². The minimum Gasteiger partial charge on any atom is -0.496 e. The van der Waals surface area contributed by atoms with Gasteiger partial charge in [0.1, 0.15) is 5.75 Å². The molecule has 0 fully saturated rings. The van der Waals surface area contributed by atoms with Crippen molar-refractivity contribution in [3.05, 3.63) is 52.5 Å². The van der Waals surface area contributed by atoms with Gasteiger partial charge < -0.3 is 10.1 Å². The maximum Gasteiger partial charge on any atom is 0.241 e. The monoisotopic (exact) mass is 382 g/mol. The normalized spacial score (nSPS) is 11.2. The third-order valence-electron chi connectivity index (χ3n) is 3.51. The predicted molar refractivity (Wildman–Crippen MR) is 97.7 cm³/mol. The molecule has 0 unspecified atom stereocenters. The quantitative estimate of drug-likeness (QED) is 0.804. The molecular weight excluding hydrogens is 364 g/mol. The Balaban J connectivity index is 2.09. The van der Waals surface area contributed by atoms with Gasteiger partial charge in [-0.25, -0.2) is 13.1 Å². The summed E-state index contributed by atoms with van der Waals surface area (Å²) in [5.74, 6) is 0.115. The van der Waals surface area contributed by atoms with Crippen molar-refractivity contribution in [2.24, 2.45) is 0 Å². The summed E-state index contributed by atoms with van der Waals surface area (Å²) < 4.78 is 32.4. The molecule has 2 aromatic rings. The minimum atomic E-state index is -3.83. The van der Waals surface area contributed by atoms with Crippen LogP contribution >= 0.6 is 11.6 Å². The smallest absolute Gasteiger partial charge is 0.241 e. The van der Waals surface area contributed by atoms with Gasteiger partial charge in [0.2, 0.25) is 15.9 Å². The largest absolute Gasteiger partial charge is 0.496 e. The Bertz CT molecular complexity index is 898. The molecular formula is C17H19ClN2O4S. The van der Waals surface area contributed by atoms with Gasteiger partial charge in [-0.2, -0.15) is 0 Å². The summed E-state index contributed by atoms with van der Waals surface area (Å²) >= 11 is 5.84. The second-order valence-corrected chi connectivity index (χ2v) is 7.64. The van der Waals surface area contributed by atoms with Crippen molar-refractivity contribution in [1.29, 1.82) is 0 Å². The summed E-state index contributed by atoms with van der Waals surface area (Å²) in [7, 11) is -2.30. The van der Waals surface area contributed by atoms with Gasteiger partial charge in [-0.1, -0.05) is 17.7 Å². The number of rotatable bonds is 6. The van der Waals surface area contributed by atoms with Crippen LogP contribution in [-0.4, -0.2) is 28.0 Å². The second-order valence-electron chi connectivity index (χ2n) is 5.47. The molecule has 6 nitrogen and oxygen atoms in total. The Morgan fingerprint density at radius 3 is 2.52 bits per heavy atom. The van der Waals surface area contributed by atoms with E-state index in [-0.39, 0.29) is 11.4 Å². The van der Waals surface area contributed by atoms with Gasteiger partial charge >= 0.3 is 0 Å². The number of nitrogens with one attached hydrogen (secondary N) is 2. The molecule has 0 atom stereocenters. The van der Waals surface area contributed by atoms with Crippen LogP contribution < -0.4 is 14.8 Å². The van der Waals surface area contributed by atoms with Crippen LogP contribution in [-0.2, 0) is 14.8 Å². The third-order valence-corrected chi connectivity index (χ3v) is 5.29. The van der Waals surface area contributed by atoms with E-state index in [2.05, 4.69) is 10.0 Å². The zero-order valence-electron chi connectivity index (χ0n) is 14.1. The standard InChI is InChI=1S/C17H19ClN2O4S/c1-11-8-16(12(2)7-15(11)24-3)25(22,23)19-10-17(21)20-14-6-4-5-13(18)9-14/h4-9,19H,10H2,1-3H3,(H,20,21). The molecule has 1 amide bonds. The molecule has 8 heteroatoms. The highest BCUT2D eigenvalue weighted by molar-refractivity contribution is 7.89. The van der Waals surface area contributed by atoms with Gasteiger partial charge in [0.15, 0.2) is 0 Å². The number of amides is 1. The van der Waals surface area contributed by atoms with Crippen molar-refractivity contribution in [3.8, 4) is 5.75 Å². The number of ether oxygens (including phenoxy) is 1. The number of halogens is 1. The van der Waals surface area contributed by atoms with Crippen LogP contribution in [0.2, 0.25) is 5.02 Å². The van der Waals surface area contributed by atoms with Crippen LogP contribution in [0.1, 0.15) is 11.1 Å². The zero-order chi connectivity index (χ0) is 18.6. The third kappa shape index (κ3) is 4.94. The second kappa shape index (κ2) is 7.86. The Morgan fingerprint density at radius 2 is 1.88 bits per heavy atom. The molecule has 0 saturated carbocycles. The summed E-state index contributed by atoms with van der Waals surface area (Å²) in [5.41, 5.74) is 1.72. The molecule has 0 bridgehead atoms. The number of carbonyl (C=O) groups is 1. The van der Waals surface area contributed by atoms with E-state index in [1.54, 1.807) is 44.2 Å². The van der Waals surface area contributed by atoms with Gasteiger partial charge in [0, 0.05) is 10.7 Å². The lowest BCUT2D eigenvalue weighted by atomic mass is 10.1. The fourth-order valence-corrected chi connectivity index (χ4v) is 3.76. The average molecular weight is 383 g/mol. The Labute approximate surface area is 152 Å². The van der Waals surface area contributed by atoms with Gasteiger partial charge in [-0.05, 0) is 55.3 Å². The van der Waals surface area contributed by atoms with Gasteiger partial charge in [0.25, 0.3) is 0 Å². The molecule has 0 spiro atoms. The van der Waals surface area contributed by atoms with Crippen molar-refractivity contribution in [2.45, 2.75) is 18.7 Å². The van der Waals surface area contributed by atoms with Gasteiger partial charge in [0.05, 0.1) is 18.6 Å². The first-order valence-electron chi connectivity index (χ1n) is 7.43. The van der Waals surface area contributed by atoms with Gasteiger partial charge in [-0.3, -0.25) is 4.79 Å². The highest BCUT2D eigenvalue weighted by Gasteiger charge is 2.19. The molecule has 0 heterocycles. The fraction of sp³-hybridized carbons (Fsp3) is 0.235. The number of sulfonamides is 1. The van der Waals surface area contributed by atoms with Crippen LogP contribution in [0, 0.1) is 13.8 Å². The molecule has 0 saturated heterocycles. The number of hydrogen-bond acceptors (Lipinski definition) is 4. The summed E-state index contributed by atoms with van der Waals surface area (Å²) in [6.45, 7) is 3.03. The van der Waals surface area contributed by atoms with E-state index in [1.165, 1.54) is 13.2 Å². The molecule has 0 aliphatic rings. The first-order chi connectivity index (χ1) is 11.7. The van der Waals surface area contributed by atoms with E-state index >= 15 is 0 Å². The zero-order valence-corrected chi connectivity index (χ0v) is 15.7. The Kier molecular flexibility index (Phi) is 6.05. The highest BCUT2D eigenvalue weighted by Crippen LogP contribution is 2.25. The highest BCUT2D eigenvalue weighted by atomic mass is 35.5. The number of aryl methyl sites for hydroxylation is 2. The van der Waals surface area contributed by atoms with Gasteiger partial charge in [-0.15, -0.1) is 0 Å². The maximum absolute atomic E-state index is 12.5. The topological polar surface area (TPSA) is 84.5 Å². The Hall–Kier alpha value is -2.09. The lowest BCUT2D eigenvalue weighted by Gasteiger charge is -2.13. The Morgan fingerprint density at radius 1 is 1.16 bits per heavy atom. The predicted octanol–water partition coefficient (Wildman–Crippen LogP) is 2.88. The van der Waals surface area contributed by atoms with Crippen molar-refractivity contribution in [2.75, 3.05) is 19.0 Å². The SMILES string of the molecule is COc1cc(C)c(S(=O)(=O)NCC(=O)Nc2cccc(Cl)c2)cc1C. The van der Waals surface area contributed by atoms with Crippen LogP contribution in [0.5, 0.6) is 5.75 Å². The van der Waals surface area contributed by atoms with Crippen molar-refractivity contribution in [3.63, 3.8) is 0 Å². The molecule has 0 aliphatic heterocycles. The van der Waals surface area contributed by atoms with Crippen molar-refractivity contribution < 1.29 is 17.9 Å². The van der Waals surface area contributed by atoms with E-state index in [1.807, 2.05) is 0 Å². The first-order valence-corrected chi connectivity index (χ1v) is 9.29. The van der Waals surface area contributed by atoms with Crippen LogP contribution in [0.25, 0.3) is 0 Å². The number of anilines is 1. The number of hydrogen-bond donors (Lipinski definition) is 2. The van der Waals surface area contributed by atoms with E-state index in [4.69, 9.17) is 16.3 Å². The first kappa shape index (κ1) is 19.2.